The van der Waals surface area contributed by atoms with E-state index in [-0.39, 0.29) is 5.91 Å². The Morgan fingerprint density at radius 2 is 1.85 bits per heavy atom. The zero-order chi connectivity index (χ0) is 18.1. The molecule has 0 radical (unpaired) electrons. The van der Waals surface area contributed by atoms with Crippen LogP contribution in [0.5, 0.6) is 0 Å². The maximum absolute atomic E-state index is 12.8. The molecule has 0 unspecified atom stereocenters. The topological polar surface area (TPSA) is 46.9 Å². The molecule has 2 heterocycles. The summed E-state index contributed by atoms with van der Waals surface area (Å²) in [5, 5.41) is 3.07. The normalized spacial score (nSPS) is 13.3. The van der Waals surface area contributed by atoms with Gasteiger partial charge >= 0.3 is 0 Å². The van der Waals surface area contributed by atoms with Crippen molar-refractivity contribution < 1.29 is 4.79 Å². The van der Waals surface area contributed by atoms with Crippen molar-refractivity contribution in [2.24, 2.45) is 0 Å². The third kappa shape index (κ3) is 3.27. The first-order valence-electron chi connectivity index (χ1n) is 9.15. The average molecular weight is 345 g/mol. The van der Waals surface area contributed by atoms with E-state index < -0.39 is 0 Å². The molecule has 0 saturated heterocycles. The van der Waals surface area contributed by atoms with Gasteiger partial charge in [-0.3, -0.25) is 4.79 Å². The van der Waals surface area contributed by atoms with Gasteiger partial charge in [-0.25, -0.2) is 4.98 Å². The molecule has 1 N–H and O–H groups in total. The second-order valence-electron chi connectivity index (χ2n) is 7.07. The lowest BCUT2D eigenvalue weighted by Gasteiger charge is -2.11. The lowest BCUT2D eigenvalue weighted by molar-refractivity contribution is 0.102. The Labute approximate surface area is 153 Å². The van der Waals surface area contributed by atoms with Gasteiger partial charge in [-0.1, -0.05) is 35.4 Å². The zero-order valence-corrected chi connectivity index (χ0v) is 15.2. The third-order valence-corrected chi connectivity index (χ3v) is 4.84. The molecule has 4 heteroatoms. The van der Waals surface area contributed by atoms with E-state index in [4.69, 9.17) is 4.98 Å². The van der Waals surface area contributed by atoms with Gasteiger partial charge < -0.3 is 9.88 Å². The summed E-state index contributed by atoms with van der Waals surface area (Å²) in [6.45, 7) is 5.04. The molecule has 132 valence electrons. The van der Waals surface area contributed by atoms with Crippen LogP contribution >= 0.6 is 0 Å². The van der Waals surface area contributed by atoms with Crippen molar-refractivity contribution in [1.82, 2.24) is 9.55 Å². The van der Waals surface area contributed by atoms with Crippen LogP contribution in [0.1, 0.15) is 40.2 Å². The van der Waals surface area contributed by atoms with E-state index in [1.807, 2.05) is 50.2 Å². The largest absolute Gasteiger partial charge is 0.334 e. The van der Waals surface area contributed by atoms with Gasteiger partial charge in [-0.15, -0.1) is 0 Å². The van der Waals surface area contributed by atoms with Gasteiger partial charge in [-0.2, -0.15) is 0 Å². The van der Waals surface area contributed by atoms with Crippen LogP contribution in [0.3, 0.4) is 0 Å². The number of nitrogens with one attached hydrogen (secondary N) is 1. The Kier molecular flexibility index (Phi) is 4.33. The minimum atomic E-state index is -0.0896. The van der Waals surface area contributed by atoms with Gasteiger partial charge in [0.05, 0.1) is 11.4 Å². The molecule has 3 aromatic rings. The van der Waals surface area contributed by atoms with E-state index in [1.54, 1.807) is 0 Å². The molecule has 1 amide bonds. The number of anilines is 1. The number of aryl methyl sites for hydroxylation is 4. The number of carbonyl (C=O) groups excluding carboxylic acids is 1. The zero-order valence-electron chi connectivity index (χ0n) is 15.2. The van der Waals surface area contributed by atoms with Crippen LogP contribution < -0.4 is 5.32 Å². The second-order valence-corrected chi connectivity index (χ2v) is 7.07. The van der Waals surface area contributed by atoms with Gasteiger partial charge in [0.15, 0.2) is 0 Å². The van der Waals surface area contributed by atoms with E-state index >= 15 is 0 Å². The second kappa shape index (κ2) is 6.79. The Morgan fingerprint density at radius 1 is 1.08 bits per heavy atom. The summed E-state index contributed by atoms with van der Waals surface area (Å²) in [5.41, 5.74) is 5.55. The van der Waals surface area contributed by atoms with Crippen molar-refractivity contribution in [3.8, 4) is 11.3 Å². The van der Waals surface area contributed by atoms with E-state index in [0.29, 0.717) is 5.56 Å². The molecule has 0 spiro atoms. The quantitative estimate of drug-likeness (QED) is 0.744. The van der Waals surface area contributed by atoms with Gasteiger partial charge in [-0.05, 0) is 44.9 Å². The first-order chi connectivity index (χ1) is 12.6. The number of nitrogens with zero attached hydrogens (tertiary/aromatic N) is 2. The molecule has 0 saturated carbocycles. The number of hydrogen-bond acceptors (Lipinski definition) is 2. The summed E-state index contributed by atoms with van der Waals surface area (Å²) in [4.78, 5) is 17.6. The molecule has 0 aliphatic carbocycles. The molecular weight excluding hydrogens is 322 g/mol. The number of fused-ring (bicyclic) bond motifs is 1. The highest BCUT2D eigenvalue weighted by molar-refractivity contribution is 6.06. The molecule has 4 rings (SSSR count). The highest BCUT2D eigenvalue weighted by Gasteiger charge is 2.16. The Hall–Kier alpha value is -2.88. The molecular formula is C22H23N3O. The molecule has 4 nitrogen and oxygen atoms in total. The van der Waals surface area contributed by atoms with Crippen LogP contribution in [0.2, 0.25) is 0 Å². The van der Waals surface area contributed by atoms with Crippen LogP contribution in [-0.4, -0.2) is 15.5 Å². The fourth-order valence-electron chi connectivity index (χ4n) is 3.66. The Bertz CT molecular complexity index is 928. The number of benzene rings is 2. The van der Waals surface area contributed by atoms with Gasteiger partial charge in [0.1, 0.15) is 5.82 Å². The third-order valence-electron chi connectivity index (χ3n) is 4.84. The molecule has 1 aromatic heterocycles. The molecule has 26 heavy (non-hydrogen) atoms. The highest BCUT2D eigenvalue weighted by Crippen LogP contribution is 2.29. The van der Waals surface area contributed by atoms with Crippen LogP contribution in [0, 0.1) is 13.8 Å². The van der Waals surface area contributed by atoms with E-state index in [1.165, 1.54) is 12.8 Å². The summed E-state index contributed by atoms with van der Waals surface area (Å²) >= 11 is 0. The van der Waals surface area contributed by atoms with E-state index in [9.17, 15) is 4.79 Å². The number of para-hydroxylation sites is 1. The number of hydrogen-bond donors (Lipinski definition) is 1. The number of aromatic nitrogens is 2. The van der Waals surface area contributed by atoms with Crippen molar-refractivity contribution in [2.75, 3.05) is 5.32 Å². The number of carbonyl (C=O) groups is 1. The van der Waals surface area contributed by atoms with Crippen molar-refractivity contribution in [3.05, 3.63) is 71.2 Å². The van der Waals surface area contributed by atoms with Gasteiger partial charge in [0, 0.05) is 30.3 Å². The lowest BCUT2D eigenvalue weighted by Crippen LogP contribution is -2.13. The molecule has 1 aliphatic heterocycles. The predicted octanol–water partition coefficient (Wildman–Crippen LogP) is 4.76. The minimum absolute atomic E-state index is 0.0896. The van der Waals surface area contributed by atoms with Crippen molar-refractivity contribution in [1.29, 1.82) is 0 Å². The smallest absolute Gasteiger partial charge is 0.255 e. The number of rotatable bonds is 3. The SMILES string of the molecule is Cc1cc(C)cc(C(=O)Nc2ccccc2-c2cn3c(n2)CCCC3)c1. The Morgan fingerprint density at radius 3 is 2.62 bits per heavy atom. The highest BCUT2D eigenvalue weighted by atomic mass is 16.1. The standard InChI is InChI=1S/C22H23N3O/c1-15-11-16(2)13-17(12-15)22(26)24-19-8-4-3-7-18(19)20-14-25-10-6-5-9-21(25)23-20/h3-4,7-8,11-14H,5-6,9-10H2,1-2H3,(H,24,26). The lowest BCUT2D eigenvalue weighted by atomic mass is 10.1. The maximum atomic E-state index is 12.8. The molecule has 0 bridgehead atoms. The number of imidazole rings is 1. The Balaban J connectivity index is 1.65. The monoisotopic (exact) mass is 345 g/mol. The predicted molar refractivity (Wildman–Crippen MR) is 104 cm³/mol. The fraction of sp³-hybridized carbons (Fsp3) is 0.273. The molecule has 2 aromatic carbocycles. The summed E-state index contributed by atoms with van der Waals surface area (Å²) in [5.74, 6) is 1.05. The average Bonchev–Trinajstić information content (AvgIpc) is 3.05. The van der Waals surface area contributed by atoms with E-state index in [2.05, 4.69) is 22.1 Å². The van der Waals surface area contributed by atoms with Crippen molar-refractivity contribution >= 4 is 11.6 Å². The van der Waals surface area contributed by atoms with Gasteiger partial charge in [0.2, 0.25) is 0 Å². The van der Waals surface area contributed by atoms with Crippen LogP contribution in [0.15, 0.2) is 48.7 Å². The molecule has 0 fully saturated rings. The summed E-state index contributed by atoms with van der Waals surface area (Å²) < 4.78 is 2.24. The van der Waals surface area contributed by atoms with Crippen molar-refractivity contribution in [2.45, 2.75) is 39.7 Å². The molecule has 0 atom stereocenters. The fourth-order valence-corrected chi connectivity index (χ4v) is 3.66. The van der Waals surface area contributed by atoms with Gasteiger partial charge in [0.25, 0.3) is 5.91 Å². The van der Waals surface area contributed by atoms with Crippen LogP contribution in [0.4, 0.5) is 5.69 Å². The number of amides is 1. The summed E-state index contributed by atoms with van der Waals surface area (Å²) in [6.07, 6.45) is 5.53. The summed E-state index contributed by atoms with van der Waals surface area (Å²) in [7, 11) is 0. The maximum Gasteiger partial charge on any atom is 0.255 e. The summed E-state index contributed by atoms with van der Waals surface area (Å²) in [6, 6.07) is 13.8. The van der Waals surface area contributed by atoms with E-state index in [0.717, 1.165) is 46.9 Å². The van der Waals surface area contributed by atoms with Crippen LogP contribution in [0.25, 0.3) is 11.3 Å². The first-order valence-corrected chi connectivity index (χ1v) is 9.15. The minimum Gasteiger partial charge on any atom is -0.334 e. The molecule has 1 aliphatic rings. The van der Waals surface area contributed by atoms with Crippen LogP contribution in [-0.2, 0) is 13.0 Å². The van der Waals surface area contributed by atoms with Crippen molar-refractivity contribution in [3.63, 3.8) is 0 Å². The first kappa shape index (κ1) is 16.6.